The third kappa shape index (κ3) is 2.61. The van der Waals surface area contributed by atoms with E-state index in [2.05, 4.69) is 5.10 Å². The maximum atomic E-state index is 13.9. The number of hydrogen-bond donors (Lipinski definition) is 0. The Morgan fingerprint density at radius 3 is 2.76 bits per heavy atom. The zero-order chi connectivity index (χ0) is 17.6. The molecule has 1 aliphatic rings. The van der Waals surface area contributed by atoms with Crippen molar-refractivity contribution in [2.24, 2.45) is 7.05 Å². The quantitative estimate of drug-likeness (QED) is 0.681. The van der Waals surface area contributed by atoms with Crippen LogP contribution in [-0.4, -0.2) is 15.7 Å². The van der Waals surface area contributed by atoms with Crippen molar-refractivity contribution in [3.63, 3.8) is 0 Å². The van der Waals surface area contributed by atoms with E-state index in [1.165, 1.54) is 6.07 Å². The molecule has 0 radical (unpaired) electrons. The van der Waals surface area contributed by atoms with Gasteiger partial charge in [-0.2, -0.15) is 5.10 Å². The summed E-state index contributed by atoms with van der Waals surface area (Å²) in [6.07, 6.45) is 2.52. The van der Waals surface area contributed by atoms with Gasteiger partial charge in [0.15, 0.2) is 0 Å². The SMILES string of the molecule is Cc1ccc(C(=O)N2Cc3cnn(C)c3Cc3ccccc32)cc1F. The number of halogens is 1. The molecule has 1 aliphatic heterocycles. The number of aryl methyl sites for hydroxylation is 2. The van der Waals surface area contributed by atoms with Gasteiger partial charge in [-0.15, -0.1) is 0 Å². The van der Waals surface area contributed by atoms with Gasteiger partial charge < -0.3 is 4.90 Å². The second kappa shape index (κ2) is 5.84. The van der Waals surface area contributed by atoms with E-state index in [0.717, 1.165) is 22.5 Å². The second-order valence-corrected chi connectivity index (χ2v) is 6.40. The molecule has 0 N–H and O–H groups in total. The monoisotopic (exact) mass is 335 g/mol. The van der Waals surface area contributed by atoms with Crippen LogP contribution in [0.5, 0.6) is 0 Å². The van der Waals surface area contributed by atoms with Crippen LogP contribution in [0.2, 0.25) is 0 Å². The average molecular weight is 335 g/mol. The minimum atomic E-state index is -0.365. The molecule has 2 heterocycles. The lowest BCUT2D eigenvalue weighted by Gasteiger charge is -2.23. The predicted octanol–water partition coefficient (Wildman–Crippen LogP) is 3.62. The molecule has 2 aromatic carbocycles. The van der Waals surface area contributed by atoms with Crippen LogP contribution in [-0.2, 0) is 20.0 Å². The van der Waals surface area contributed by atoms with E-state index in [-0.39, 0.29) is 11.7 Å². The van der Waals surface area contributed by atoms with Gasteiger partial charge in [0.05, 0.1) is 12.7 Å². The van der Waals surface area contributed by atoms with Gasteiger partial charge in [0, 0.05) is 36.0 Å². The molecule has 4 nitrogen and oxygen atoms in total. The van der Waals surface area contributed by atoms with E-state index < -0.39 is 0 Å². The molecular weight excluding hydrogens is 317 g/mol. The van der Waals surface area contributed by atoms with E-state index in [4.69, 9.17) is 0 Å². The lowest BCUT2D eigenvalue weighted by Crippen LogP contribution is -2.30. The van der Waals surface area contributed by atoms with Crippen LogP contribution in [0.3, 0.4) is 0 Å². The molecule has 1 aromatic heterocycles. The number of para-hydroxylation sites is 1. The summed E-state index contributed by atoms with van der Waals surface area (Å²) < 4.78 is 15.8. The Hall–Kier alpha value is -2.95. The summed E-state index contributed by atoms with van der Waals surface area (Å²) in [4.78, 5) is 14.8. The molecule has 25 heavy (non-hydrogen) atoms. The number of amides is 1. The van der Waals surface area contributed by atoms with Gasteiger partial charge in [0.25, 0.3) is 5.91 Å². The molecule has 0 unspecified atom stereocenters. The van der Waals surface area contributed by atoms with Crippen molar-refractivity contribution in [2.75, 3.05) is 4.90 Å². The van der Waals surface area contributed by atoms with Crippen LogP contribution in [0.1, 0.15) is 32.7 Å². The standard InChI is InChI=1S/C20H18FN3O/c1-13-7-8-15(9-17(13)21)20(25)24-12-16-11-22-23(2)19(16)10-14-5-3-4-6-18(14)24/h3-9,11H,10,12H2,1-2H3. The molecule has 4 rings (SSSR count). The van der Waals surface area contributed by atoms with Crippen LogP contribution in [0, 0.1) is 12.7 Å². The topological polar surface area (TPSA) is 38.1 Å². The van der Waals surface area contributed by atoms with Gasteiger partial charge in [-0.1, -0.05) is 24.3 Å². The highest BCUT2D eigenvalue weighted by molar-refractivity contribution is 6.06. The van der Waals surface area contributed by atoms with Crippen LogP contribution < -0.4 is 4.90 Å². The van der Waals surface area contributed by atoms with Crippen molar-refractivity contribution >= 4 is 11.6 Å². The number of rotatable bonds is 1. The molecule has 0 aliphatic carbocycles. The molecule has 0 fully saturated rings. The Balaban J connectivity index is 1.82. The number of nitrogens with zero attached hydrogens (tertiary/aromatic N) is 3. The number of carbonyl (C=O) groups is 1. The molecule has 3 aromatic rings. The first-order valence-electron chi connectivity index (χ1n) is 8.20. The molecule has 0 atom stereocenters. The van der Waals surface area contributed by atoms with Crippen LogP contribution >= 0.6 is 0 Å². The summed E-state index contributed by atoms with van der Waals surface area (Å²) >= 11 is 0. The fourth-order valence-corrected chi connectivity index (χ4v) is 3.29. The number of fused-ring (bicyclic) bond motifs is 2. The Bertz CT molecular complexity index is 977. The Morgan fingerprint density at radius 1 is 1.16 bits per heavy atom. The van der Waals surface area contributed by atoms with Crippen molar-refractivity contribution in [3.05, 3.63) is 82.4 Å². The van der Waals surface area contributed by atoms with Crippen molar-refractivity contribution in [2.45, 2.75) is 19.9 Å². The normalized spacial score (nSPS) is 13.2. The van der Waals surface area contributed by atoms with Gasteiger partial charge in [-0.05, 0) is 36.2 Å². The Morgan fingerprint density at radius 2 is 1.96 bits per heavy atom. The maximum Gasteiger partial charge on any atom is 0.258 e. The van der Waals surface area contributed by atoms with Gasteiger partial charge in [-0.3, -0.25) is 9.48 Å². The largest absolute Gasteiger partial charge is 0.304 e. The average Bonchev–Trinajstić information content (AvgIpc) is 2.86. The van der Waals surface area contributed by atoms with E-state index >= 15 is 0 Å². The van der Waals surface area contributed by atoms with Crippen LogP contribution in [0.15, 0.2) is 48.7 Å². The smallest absolute Gasteiger partial charge is 0.258 e. The summed E-state index contributed by atoms with van der Waals surface area (Å²) in [6.45, 7) is 2.11. The first-order valence-corrected chi connectivity index (χ1v) is 8.20. The molecule has 0 spiro atoms. The van der Waals surface area contributed by atoms with Crippen molar-refractivity contribution < 1.29 is 9.18 Å². The predicted molar refractivity (Wildman–Crippen MR) is 94.1 cm³/mol. The lowest BCUT2D eigenvalue weighted by molar-refractivity contribution is 0.0984. The maximum absolute atomic E-state index is 13.9. The molecular formula is C20H18FN3O. The minimum Gasteiger partial charge on any atom is -0.304 e. The summed E-state index contributed by atoms with van der Waals surface area (Å²) in [5.41, 5.74) is 4.92. The van der Waals surface area contributed by atoms with Gasteiger partial charge in [0.1, 0.15) is 5.82 Å². The van der Waals surface area contributed by atoms with E-state index in [9.17, 15) is 9.18 Å². The number of benzene rings is 2. The first-order chi connectivity index (χ1) is 12.0. The van der Waals surface area contributed by atoms with Gasteiger partial charge in [0.2, 0.25) is 0 Å². The van der Waals surface area contributed by atoms with Crippen LogP contribution in [0.25, 0.3) is 0 Å². The number of aromatic nitrogens is 2. The molecule has 1 amide bonds. The third-order valence-corrected chi connectivity index (χ3v) is 4.78. The van der Waals surface area contributed by atoms with Crippen LogP contribution in [0.4, 0.5) is 10.1 Å². The molecule has 0 saturated heterocycles. The Labute approximate surface area is 145 Å². The highest BCUT2D eigenvalue weighted by atomic mass is 19.1. The van der Waals surface area contributed by atoms with Crippen molar-refractivity contribution in [1.82, 2.24) is 9.78 Å². The summed E-state index contributed by atoms with van der Waals surface area (Å²) in [7, 11) is 1.91. The molecule has 0 bridgehead atoms. The molecule has 5 heteroatoms. The van der Waals surface area contributed by atoms with E-state index in [0.29, 0.717) is 24.1 Å². The van der Waals surface area contributed by atoms with Gasteiger partial charge in [-0.25, -0.2) is 4.39 Å². The summed E-state index contributed by atoms with van der Waals surface area (Å²) in [5, 5.41) is 4.32. The second-order valence-electron chi connectivity index (χ2n) is 6.40. The summed E-state index contributed by atoms with van der Waals surface area (Å²) in [6, 6.07) is 12.5. The number of anilines is 1. The van der Waals surface area contributed by atoms with E-state index in [1.807, 2.05) is 36.0 Å². The number of carbonyl (C=O) groups excluding carboxylic acids is 1. The molecule has 0 saturated carbocycles. The van der Waals surface area contributed by atoms with Crippen molar-refractivity contribution in [3.8, 4) is 0 Å². The van der Waals surface area contributed by atoms with Crippen molar-refractivity contribution in [1.29, 1.82) is 0 Å². The first kappa shape index (κ1) is 15.6. The minimum absolute atomic E-state index is 0.206. The zero-order valence-corrected chi connectivity index (χ0v) is 14.2. The number of hydrogen-bond acceptors (Lipinski definition) is 2. The highest BCUT2D eigenvalue weighted by Crippen LogP contribution is 2.31. The summed E-state index contributed by atoms with van der Waals surface area (Å²) in [5.74, 6) is -0.570. The molecule has 126 valence electrons. The third-order valence-electron chi connectivity index (χ3n) is 4.78. The highest BCUT2D eigenvalue weighted by Gasteiger charge is 2.26. The Kier molecular flexibility index (Phi) is 3.64. The van der Waals surface area contributed by atoms with E-state index in [1.54, 1.807) is 30.2 Å². The fraction of sp³-hybridized carbons (Fsp3) is 0.200. The van der Waals surface area contributed by atoms with Gasteiger partial charge >= 0.3 is 0 Å². The lowest BCUT2D eigenvalue weighted by atomic mass is 10.1. The fourth-order valence-electron chi connectivity index (χ4n) is 3.29. The zero-order valence-electron chi connectivity index (χ0n) is 14.2.